The van der Waals surface area contributed by atoms with Gasteiger partial charge in [0.25, 0.3) is 0 Å². The Balaban J connectivity index is 2.16. The van der Waals surface area contributed by atoms with Gasteiger partial charge >= 0.3 is 0 Å². The van der Waals surface area contributed by atoms with Crippen molar-refractivity contribution in [3.8, 4) is 0 Å². The molecule has 0 bridgehead atoms. The fourth-order valence-electron chi connectivity index (χ4n) is 1.61. The zero-order valence-electron chi connectivity index (χ0n) is 7.77. The fourth-order valence-corrected chi connectivity index (χ4v) is 1.61. The molecule has 4 heteroatoms. The predicted octanol–water partition coefficient (Wildman–Crippen LogP) is 0.322. The molecule has 0 spiro atoms. The average molecular weight is 178 g/mol. The van der Waals surface area contributed by atoms with E-state index in [4.69, 9.17) is 5.73 Å². The van der Waals surface area contributed by atoms with Gasteiger partial charge in [-0.1, -0.05) is 0 Å². The molecule has 4 nitrogen and oxygen atoms in total. The molecule has 0 amide bonds. The Labute approximate surface area is 77.8 Å². The molecule has 70 valence electrons. The van der Waals surface area contributed by atoms with Gasteiger partial charge in [0, 0.05) is 30.9 Å². The van der Waals surface area contributed by atoms with Gasteiger partial charge in [-0.05, 0) is 13.3 Å². The fraction of sp³-hybridized carbons (Fsp3) is 0.556. The van der Waals surface area contributed by atoms with E-state index < -0.39 is 0 Å². The van der Waals surface area contributed by atoms with E-state index in [-0.39, 0.29) is 0 Å². The van der Waals surface area contributed by atoms with Crippen molar-refractivity contribution in [3.05, 3.63) is 18.1 Å². The van der Waals surface area contributed by atoms with E-state index in [9.17, 15) is 0 Å². The molecule has 0 saturated carbocycles. The molecule has 2 N–H and O–H groups in total. The van der Waals surface area contributed by atoms with E-state index in [0.717, 1.165) is 31.0 Å². The van der Waals surface area contributed by atoms with Gasteiger partial charge in [-0.3, -0.25) is 0 Å². The van der Waals surface area contributed by atoms with Crippen molar-refractivity contribution in [2.24, 2.45) is 5.73 Å². The molecular weight excluding hydrogens is 164 g/mol. The number of nitrogens with two attached hydrogens (primary N) is 1. The Kier molecular flexibility index (Phi) is 2.14. The minimum atomic E-state index is 0.301. The first-order valence-electron chi connectivity index (χ1n) is 4.55. The Morgan fingerprint density at radius 3 is 3.00 bits per heavy atom. The first-order chi connectivity index (χ1) is 6.25. The topological polar surface area (TPSA) is 55.0 Å². The van der Waals surface area contributed by atoms with Crippen molar-refractivity contribution >= 4 is 5.82 Å². The third-order valence-electron chi connectivity index (χ3n) is 2.34. The summed E-state index contributed by atoms with van der Waals surface area (Å²) in [4.78, 5) is 10.5. The molecule has 0 aliphatic carbocycles. The minimum absolute atomic E-state index is 0.301. The van der Waals surface area contributed by atoms with Crippen LogP contribution in [0.25, 0.3) is 0 Å². The molecule has 1 fully saturated rings. The smallest absolute Gasteiger partial charge is 0.132 e. The molecule has 2 rings (SSSR count). The maximum atomic E-state index is 5.82. The first kappa shape index (κ1) is 8.44. The van der Waals surface area contributed by atoms with Gasteiger partial charge in [0.1, 0.15) is 12.1 Å². The Bertz CT molecular complexity index is 299. The number of aryl methyl sites for hydroxylation is 1. The van der Waals surface area contributed by atoms with E-state index in [1.54, 1.807) is 6.33 Å². The van der Waals surface area contributed by atoms with Gasteiger partial charge in [-0.2, -0.15) is 0 Å². The predicted molar refractivity (Wildman–Crippen MR) is 51.6 cm³/mol. The zero-order chi connectivity index (χ0) is 9.26. The largest absolute Gasteiger partial charge is 0.355 e. The van der Waals surface area contributed by atoms with Crippen LogP contribution in [-0.4, -0.2) is 29.1 Å². The van der Waals surface area contributed by atoms with Gasteiger partial charge in [0.05, 0.1) is 0 Å². The van der Waals surface area contributed by atoms with Crippen LogP contribution < -0.4 is 10.6 Å². The Hall–Kier alpha value is -1.16. The summed E-state index contributed by atoms with van der Waals surface area (Å²) in [5.41, 5.74) is 6.82. The summed E-state index contributed by atoms with van der Waals surface area (Å²) in [6.07, 6.45) is 2.66. The summed E-state index contributed by atoms with van der Waals surface area (Å²) in [6.45, 7) is 3.90. The summed E-state index contributed by atoms with van der Waals surface area (Å²) in [5.74, 6) is 1.00. The number of hydrogen-bond acceptors (Lipinski definition) is 4. The number of rotatable bonds is 1. The average Bonchev–Trinajstić information content (AvgIpc) is 2.52. The molecule has 1 saturated heterocycles. The summed E-state index contributed by atoms with van der Waals surface area (Å²) < 4.78 is 0. The standard InChI is InChI=1S/C9H14N4/c1-7-4-9(12-6-11-7)13-3-2-8(10)5-13/h4,6,8H,2-3,5,10H2,1H3. The van der Waals surface area contributed by atoms with Gasteiger partial charge in [-0.25, -0.2) is 9.97 Å². The van der Waals surface area contributed by atoms with Crippen molar-refractivity contribution in [1.82, 2.24) is 9.97 Å². The van der Waals surface area contributed by atoms with Gasteiger partial charge in [0.15, 0.2) is 0 Å². The van der Waals surface area contributed by atoms with Crippen LogP contribution in [0.5, 0.6) is 0 Å². The second kappa shape index (κ2) is 3.30. The van der Waals surface area contributed by atoms with Crippen LogP contribution in [-0.2, 0) is 0 Å². The van der Waals surface area contributed by atoms with E-state index in [1.165, 1.54) is 0 Å². The lowest BCUT2D eigenvalue weighted by Gasteiger charge is -2.16. The number of nitrogens with zero attached hydrogens (tertiary/aromatic N) is 3. The van der Waals surface area contributed by atoms with Crippen LogP contribution in [0.2, 0.25) is 0 Å². The molecule has 1 aliphatic rings. The summed E-state index contributed by atoms with van der Waals surface area (Å²) in [6, 6.07) is 2.30. The second-order valence-electron chi connectivity index (χ2n) is 3.51. The maximum absolute atomic E-state index is 5.82. The van der Waals surface area contributed by atoms with Crippen LogP contribution in [0.3, 0.4) is 0 Å². The minimum Gasteiger partial charge on any atom is -0.355 e. The van der Waals surface area contributed by atoms with Crippen LogP contribution in [0.4, 0.5) is 5.82 Å². The van der Waals surface area contributed by atoms with E-state index in [0.29, 0.717) is 6.04 Å². The molecule has 13 heavy (non-hydrogen) atoms. The first-order valence-corrected chi connectivity index (χ1v) is 4.55. The lowest BCUT2D eigenvalue weighted by atomic mass is 10.3. The Morgan fingerprint density at radius 1 is 1.54 bits per heavy atom. The highest BCUT2D eigenvalue weighted by Gasteiger charge is 2.19. The lowest BCUT2D eigenvalue weighted by molar-refractivity contribution is 0.751. The molecule has 0 radical (unpaired) electrons. The SMILES string of the molecule is Cc1cc(N2CCC(N)C2)ncn1. The molecule has 1 aromatic heterocycles. The van der Waals surface area contributed by atoms with Crippen LogP contribution in [0, 0.1) is 6.92 Å². The van der Waals surface area contributed by atoms with E-state index in [1.807, 2.05) is 13.0 Å². The summed E-state index contributed by atoms with van der Waals surface area (Å²) in [7, 11) is 0. The van der Waals surface area contributed by atoms with Gasteiger partial charge in [0.2, 0.25) is 0 Å². The third-order valence-corrected chi connectivity index (χ3v) is 2.34. The van der Waals surface area contributed by atoms with Crippen LogP contribution >= 0.6 is 0 Å². The number of hydrogen-bond donors (Lipinski definition) is 1. The molecule has 1 unspecified atom stereocenters. The number of aromatic nitrogens is 2. The summed E-state index contributed by atoms with van der Waals surface area (Å²) >= 11 is 0. The quantitative estimate of drug-likeness (QED) is 0.673. The monoisotopic (exact) mass is 178 g/mol. The second-order valence-corrected chi connectivity index (χ2v) is 3.51. The van der Waals surface area contributed by atoms with Gasteiger partial charge < -0.3 is 10.6 Å². The lowest BCUT2D eigenvalue weighted by Crippen LogP contribution is -2.26. The van der Waals surface area contributed by atoms with Crippen molar-refractivity contribution in [3.63, 3.8) is 0 Å². The number of anilines is 1. The van der Waals surface area contributed by atoms with Crippen molar-refractivity contribution in [2.45, 2.75) is 19.4 Å². The molecule has 1 aromatic rings. The zero-order valence-corrected chi connectivity index (χ0v) is 7.77. The van der Waals surface area contributed by atoms with E-state index >= 15 is 0 Å². The highest BCUT2D eigenvalue weighted by atomic mass is 15.2. The molecule has 1 aliphatic heterocycles. The highest BCUT2D eigenvalue weighted by Crippen LogP contribution is 2.16. The third kappa shape index (κ3) is 1.78. The normalized spacial score (nSPS) is 22.3. The Morgan fingerprint density at radius 2 is 2.38 bits per heavy atom. The van der Waals surface area contributed by atoms with Gasteiger partial charge in [-0.15, -0.1) is 0 Å². The molecule has 0 aromatic carbocycles. The highest BCUT2D eigenvalue weighted by molar-refractivity contribution is 5.40. The van der Waals surface area contributed by atoms with E-state index in [2.05, 4.69) is 14.9 Å². The van der Waals surface area contributed by atoms with Crippen molar-refractivity contribution < 1.29 is 0 Å². The van der Waals surface area contributed by atoms with Crippen LogP contribution in [0.1, 0.15) is 12.1 Å². The molecule has 1 atom stereocenters. The maximum Gasteiger partial charge on any atom is 0.132 e. The molecule has 2 heterocycles. The van der Waals surface area contributed by atoms with Crippen molar-refractivity contribution in [1.29, 1.82) is 0 Å². The van der Waals surface area contributed by atoms with Crippen LogP contribution in [0.15, 0.2) is 12.4 Å². The van der Waals surface area contributed by atoms with Crippen molar-refractivity contribution in [2.75, 3.05) is 18.0 Å². The summed E-state index contributed by atoms with van der Waals surface area (Å²) in [5, 5.41) is 0. The molecular formula is C9H14N4.